The predicted octanol–water partition coefficient (Wildman–Crippen LogP) is 3.93. The molecule has 1 aromatic carbocycles. The molecule has 1 aliphatic heterocycles. The van der Waals surface area contributed by atoms with Crippen molar-refractivity contribution in [3.63, 3.8) is 0 Å². The summed E-state index contributed by atoms with van der Waals surface area (Å²) < 4.78 is 28.5. The molecule has 2 unspecified atom stereocenters. The minimum atomic E-state index is -3.47. The second kappa shape index (κ2) is 8.65. The molecule has 0 aromatic heterocycles. The molecule has 1 N–H and O–H groups in total. The van der Waals surface area contributed by atoms with Gasteiger partial charge in [-0.15, -0.1) is 0 Å². The zero-order valence-corrected chi connectivity index (χ0v) is 17.2. The van der Waals surface area contributed by atoms with Crippen LogP contribution < -0.4 is 4.72 Å². The molecule has 25 heavy (non-hydrogen) atoms. The number of sulfonamides is 1. The van der Waals surface area contributed by atoms with E-state index in [1.807, 2.05) is 39.8 Å². The van der Waals surface area contributed by atoms with Crippen molar-refractivity contribution in [3.8, 4) is 0 Å². The molecule has 1 aromatic rings. The highest BCUT2D eigenvalue weighted by atomic mass is 32.2. The number of aryl methyl sites for hydroxylation is 3. The van der Waals surface area contributed by atoms with Crippen LogP contribution >= 0.6 is 0 Å². The van der Waals surface area contributed by atoms with Crippen molar-refractivity contribution in [2.75, 3.05) is 13.1 Å². The minimum Gasteiger partial charge on any atom is -0.301 e. The van der Waals surface area contributed by atoms with Gasteiger partial charge >= 0.3 is 0 Å². The molecule has 2 atom stereocenters. The number of nitrogens with zero attached hydrogens (tertiary/aromatic N) is 1. The first-order valence-corrected chi connectivity index (χ1v) is 11.0. The van der Waals surface area contributed by atoms with E-state index in [1.54, 1.807) is 0 Å². The molecule has 0 radical (unpaired) electrons. The second-order valence-electron chi connectivity index (χ2n) is 7.77. The van der Waals surface area contributed by atoms with Crippen LogP contribution in [-0.2, 0) is 10.0 Å². The van der Waals surface area contributed by atoms with Crippen molar-refractivity contribution in [1.29, 1.82) is 0 Å². The number of nitrogens with one attached hydrogen (secondary N) is 1. The predicted molar refractivity (Wildman–Crippen MR) is 105 cm³/mol. The monoisotopic (exact) mass is 366 g/mol. The van der Waals surface area contributed by atoms with Crippen LogP contribution in [0, 0.1) is 20.8 Å². The van der Waals surface area contributed by atoms with E-state index in [2.05, 4.69) is 16.5 Å². The van der Waals surface area contributed by atoms with Gasteiger partial charge in [0.2, 0.25) is 10.0 Å². The smallest absolute Gasteiger partial charge is 0.241 e. The molecular formula is C20H34N2O2S. The van der Waals surface area contributed by atoms with Crippen LogP contribution in [0.25, 0.3) is 0 Å². The van der Waals surface area contributed by atoms with Crippen LogP contribution in [0.4, 0.5) is 0 Å². The van der Waals surface area contributed by atoms with E-state index < -0.39 is 10.0 Å². The first-order valence-electron chi connectivity index (χ1n) is 9.55. The van der Waals surface area contributed by atoms with Crippen LogP contribution in [0.2, 0.25) is 0 Å². The number of hydrogen-bond acceptors (Lipinski definition) is 3. The van der Waals surface area contributed by atoms with Crippen molar-refractivity contribution in [2.45, 2.75) is 83.7 Å². The van der Waals surface area contributed by atoms with Gasteiger partial charge in [0, 0.05) is 12.1 Å². The minimum absolute atomic E-state index is 0.0507. The molecule has 142 valence electrons. The second-order valence-corrected chi connectivity index (χ2v) is 9.42. The van der Waals surface area contributed by atoms with E-state index in [-0.39, 0.29) is 6.04 Å². The number of benzene rings is 1. The van der Waals surface area contributed by atoms with E-state index >= 15 is 0 Å². The number of hydrogen-bond donors (Lipinski definition) is 1. The van der Waals surface area contributed by atoms with Gasteiger partial charge in [0.05, 0.1) is 4.90 Å². The van der Waals surface area contributed by atoms with Crippen LogP contribution in [-0.4, -0.2) is 38.5 Å². The van der Waals surface area contributed by atoms with Gasteiger partial charge in [-0.1, -0.05) is 24.1 Å². The summed E-state index contributed by atoms with van der Waals surface area (Å²) in [6, 6.07) is 4.48. The summed E-state index contributed by atoms with van der Waals surface area (Å²) in [7, 11) is -3.47. The fourth-order valence-electron chi connectivity index (χ4n) is 4.06. The highest BCUT2D eigenvalue weighted by Gasteiger charge is 2.22. The van der Waals surface area contributed by atoms with E-state index in [9.17, 15) is 8.42 Å². The Morgan fingerprint density at radius 2 is 1.84 bits per heavy atom. The van der Waals surface area contributed by atoms with Crippen molar-refractivity contribution in [2.24, 2.45) is 0 Å². The molecule has 1 saturated heterocycles. The number of likely N-dealkylation sites (tertiary alicyclic amines) is 1. The van der Waals surface area contributed by atoms with Gasteiger partial charge in [0.25, 0.3) is 0 Å². The van der Waals surface area contributed by atoms with Gasteiger partial charge in [-0.25, -0.2) is 13.1 Å². The third kappa shape index (κ3) is 5.53. The van der Waals surface area contributed by atoms with Gasteiger partial charge in [0.15, 0.2) is 0 Å². The lowest BCUT2D eigenvalue weighted by Gasteiger charge is -2.33. The average molecular weight is 367 g/mol. The molecule has 1 fully saturated rings. The molecule has 0 aliphatic carbocycles. The lowest BCUT2D eigenvalue weighted by molar-refractivity contribution is 0.157. The Labute approximate surface area is 154 Å². The van der Waals surface area contributed by atoms with E-state index in [1.165, 1.54) is 25.8 Å². The van der Waals surface area contributed by atoms with Gasteiger partial charge in [0.1, 0.15) is 0 Å². The van der Waals surface area contributed by atoms with Crippen molar-refractivity contribution < 1.29 is 8.42 Å². The highest BCUT2D eigenvalue weighted by molar-refractivity contribution is 7.89. The van der Waals surface area contributed by atoms with Crippen molar-refractivity contribution >= 4 is 10.0 Å². The third-order valence-corrected chi connectivity index (χ3v) is 7.15. The Bertz CT molecular complexity index is 662. The molecular weight excluding hydrogens is 332 g/mol. The lowest BCUT2D eigenvalue weighted by Crippen LogP contribution is -2.39. The summed E-state index contributed by atoms with van der Waals surface area (Å²) in [4.78, 5) is 2.98. The van der Waals surface area contributed by atoms with Gasteiger partial charge in [-0.3, -0.25) is 0 Å². The molecule has 1 aliphatic rings. The lowest BCUT2D eigenvalue weighted by atomic mass is 10.0. The van der Waals surface area contributed by atoms with E-state index in [0.717, 1.165) is 36.1 Å². The Kier molecular flexibility index (Phi) is 7.06. The molecule has 1 heterocycles. The fourth-order valence-corrected chi connectivity index (χ4v) is 5.79. The summed E-state index contributed by atoms with van der Waals surface area (Å²) in [5, 5.41) is 0. The quantitative estimate of drug-likeness (QED) is 0.795. The summed E-state index contributed by atoms with van der Waals surface area (Å²) >= 11 is 0. The SMILES string of the molecule is Cc1cc(C)c(S(=O)(=O)NC(C)CCCN2CCCCC2C)c(C)c1. The third-order valence-electron chi connectivity index (χ3n) is 5.25. The van der Waals surface area contributed by atoms with Gasteiger partial charge in [-0.2, -0.15) is 0 Å². The van der Waals surface area contributed by atoms with Crippen molar-refractivity contribution in [3.05, 3.63) is 28.8 Å². The Morgan fingerprint density at radius 1 is 1.20 bits per heavy atom. The Morgan fingerprint density at radius 3 is 2.44 bits per heavy atom. The maximum absolute atomic E-state index is 12.8. The zero-order chi connectivity index (χ0) is 18.6. The van der Waals surface area contributed by atoms with E-state index in [0.29, 0.717) is 10.9 Å². The Balaban J connectivity index is 1.92. The van der Waals surface area contributed by atoms with Gasteiger partial charge in [-0.05, 0) is 84.5 Å². The summed E-state index contributed by atoms with van der Waals surface area (Å²) in [6.45, 7) is 12.3. The average Bonchev–Trinajstić information content (AvgIpc) is 2.47. The molecule has 0 spiro atoms. The molecule has 0 amide bonds. The molecule has 5 heteroatoms. The molecule has 0 bridgehead atoms. The first-order chi connectivity index (χ1) is 11.7. The van der Waals surface area contributed by atoms with Crippen LogP contribution in [0.1, 0.15) is 62.6 Å². The Hall–Kier alpha value is -0.910. The number of piperidine rings is 1. The molecule has 2 rings (SSSR count). The maximum atomic E-state index is 12.8. The maximum Gasteiger partial charge on any atom is 0.241 e. The molecule has 4 nitrogen and oxygen atoms in total. The van der Waals surface area contributed by atoms with Crippen LogP contribution in [0.3, 0.4) is 0 Å². The standard InChI is InChI=1S/C20H34N2O2S/c1-15-13-16(2)20(17(3)14-15)25(23,24)21-18(4)9-8-12-22-11-7-6-10-19(22)5/h13-14,18-19,21H,6-12H2,1-5H3. The van der Waals surface area contributed by atoms with Gasteiger partial charge < -0.3 is 4.90 Å². The topological polar surface area (TPSA) is 49.4 Å². The van der Waals surface area contributed by atoms with Crippen LogP contribution in [0.5, 0.6) is 0 Å². The van der Waals surface area contributed by atoms with Crippen LogP contribution in [0.15, 0.2) is 17.0 Å². The normalized spacial score (nSPS) is 20.6. The summed E-state index contributed by atoms with van der Waals surface area (Å²) in [5.41, 5.74) is 2.73. The van der Waals surface area contributed by atoms with E-state index in [4.69, 9.17) is 0 Å². The molecule has 0 saturated carbocycles. The van der Waals surface area contributed by atoms with Crippen molar-refractivity contribution in [1.82, 2.24) is 9.62 Å². The largest absolute Gasteiger partial charge is 0.301 e. The summed E-state index contributed by atoms with van der Waals surface area (Å²) in [6.07, 6.45) is 5.81. The summed E-state index contributed by atoms with van der Waals surface area (Å²) in [5.74, 6) is 0. The number of rotatable bonds is 7. The zero-order valence-electron chi connectivity index (χ0n) is 16.4. The highest BCUT2D eigenvalue weighted by Crippen LogP contribution is 2.22. The fraction of sp³-hybridized carbons (Fsp3) is 0.700. The first kappa shape index (κ1) is 20.4.